The zero-order valence-corrected chi connectivity index (χ0v) is 11.6. The van der Waals surface area contributed by atoms with Gasteiger partial charge in [0.2, 0.25) is 0 Å². The molecule has 0 saturated carbocycles. The molecule has 0 aliphatic carbocycles. The molecule has 2 aliphatic heterocycles. The van der Waals surface area contributed by atoms with Crippen molar-refractivity contribution in [3.05, 3.63) is 0 Å². The van der Waals surface area contributed by atoms with E-state index in [0.29, 0.717) is 11.8 Å². The second-order valence-corrected chi connectivity index (χ2v) is 6.24. The molecule has 0 amide bonds. The summed E-state index contributed by atoms with van der Waals surface area (Å²) in [5.41, 5.74) is 0. The van der Waals surface area contributed by atoms with E-state index in [2.05, 4.69) is 23.6 Å². The standard InChI is InChI=1S/C14H26N2O/c1-10(2)14(17)5-6-15-7-12-8-16(11(3)4)9-13(12)15/h10-13H,5-9H2,1-4H3. The van der Waals surface area contributed by atoms with E-state index in [1.54, 1.807) is 0 Å². The maximum atomic E-state index is 11.6. The van der Waals surface area contributed by atoms with Gasteiger partial charge >= 0.3 is 0 Å². The van der Waals surface area contributed by atoms with E-state index in [9.17, 15) is 4.79 Å². The van der Waals surface area contributed by atoms with Gasteiger partial charge in [-0.05, 0) is 13.8 Å². The number of ketones is 1. The average molecular weight is 238 g/mol. The second kappa shape index (κ2) is 5.07. The van der Waals surface area contributed by atoms with Crippen LogP contribution in [0.3, 0.4) is 0 Å². The Morgan fingerprint density at radius 1 is 1.18 bits per heavy atom. The Balaban J connectivity index is 1.74. The van der Waals surface area contributed by atoms with Gasteiger partial charge in [-0.3, -0.25) is 14.6 Å². The number of Topliss-reactive ketones (excluding diaryl/α,β-unsaturated/α-hetero) is 1. The van der Waals surface area contributed by atoms with Gasteiger partial charge in [-0.15, -0.1) is 0 Å². The van der Waals surface area contributed by atoms with E-state index in [4.69, 9.17) is 0 Å². The molecule has 0 spiro atoms. The van der Waals surface area contributed by atoms with Crippen LogP contribution in [0.25, 0.3) is 0 Å². The number of carbonyl (C=O) groups excluding carboxylic acids is 1. The topological polar surface area (TPSA) is 23.6 Å². The maximum absolute atomic E-state index is 11.6. The summed E-state index contributed by atoms with van der Waals surface area (Å²) in [6, 6.07) is 1.40. The Hall–Kier alpha value is -0.410. The molecular weight excluding hydrogens is 212 g/mol. The van der Waals surface area contributed by atoms with Gasteiger partial charge in [-0.2, -0.15) is 0 Å². The van der Waals surface area contributed by atoms with Gasteiger partial charge in [0.05, 0.1) is 0 Å². The Morgan fingerprint density at radius 3 is 2.47 bits per heavy atom. The van der Waals surface area contributed by atoms with Crippen LogP contribution in [0, 0.1) is 11.8 Å². The first-order valence-electron chi connectivity index (χ1n) is 7.00. The zero-order chi connectivity index (χ0) is 12.6. The number of nitrogens with zero attached hydrogens (tertiary/aromatic N) is 2. The summed E-state index contributed by atoms with van der Waals surface area (Å²) in [6.45, 7) is 13.2. The minimum Gasteiger partial charge on any atom is -0.299 e. The van der Waals surface area contributed by atoms with Crippen molar-refractivity contribution in [3.63, 3.8) is 0 Å². The molecule has 0 N–H and O–H groups in total. The van der Waals surface area contributed by atoms with Crippen LogP contribution in [0.1, 0.15) is 34.1 Å². The normalized spacial score (nSPS) is 29.8. The SMILES string of the molecule is CC(C)C(=O)CCN1CC2CN(C(C)C)CC21. The summed E-state index contributed by atoms with van der Waals surface area (Å²) in [6.07, 6.45) is 0.739. The van der Waals surface area contributed by atoms with Gasteiger partial charge in [0.25, 0.3) is 0 Å². The Kier molecular flexibility index (Phi) is 3.88. The van der Waals surface area contributed by atoms with E-state index in [1.165, 1.54) is 19.6 Å². The fourth-order valence-electron chi connectivity index (χ4n) is 3.00. The van der Waals surface area contributed by atoms with Crippen LogP contribution in [0.15, 0.2) is 0 Å². The molecule has 0 aromatic heterocycles. The highest BCUT2D eigenvalue weighted by Gasteiger charge is 2.45. The van der Waals surface area contributed by atoms with Gasteiger partial charge in [0.15, 0.2) is 0 Å². The molecule has 0 radical (unpaired) electrons. The third kappa shape index (κ3) is 2.71. The van der Waals surface area contributed by atoms with Crippen molar-refractivity contribution in [2.45, 2.75) is 46.2 Å². The highest BCUT2D eigenvalue weighted by atomic mass is 16.1. The van der Waals surface area contributed by atoms with E-state index in [1.807, 2.05) is 13.8 Å². The minimum atomic E-state index is 0.197. The summed E-state index contributed by atoms with van der Waals surface area (Å²) >= 11 is 0. The van der Waals surface area contributed by atoms with Crippen molar-refractivity contribution in [1.29, 1.82) is 0 Å². The summed E-state index contributed by atoms with van der Waals surface area (Å²) in [5.74, 6) is 1.47. The van der Waals surface area contributed by atoms with E-state index < -0.39 is 0 Å². The summed E-state index contributed by atoms with van der Waals surface area (Å²) in [7, 11) is 0. The van der Waals surface area contributed by atoms with Gasteiger partial charge in [-0.1, -0.05) is 13.8 Å². The zero-order valence-electron chi connectivity index (χ0n) is 11.6. The summed E-state index contributed by atoms with van der Waals surface area (Å²) in [4.78, 5) is 16.7. The Bertz CT molecular complexity index is 288. The van der Waals surface area contributed by atoms with Crippen LogP contribution in [0.4, 0.5) is 0 Å². The molecule has 17 heavy (non-hydrogen) atoms. The molecule has 2 rings (SSSR count). The first-order chi connectivity index (χ1) is 7.99. The molecular formula is C14H26N2O. The molecule has 2 fully saturated rings. The maximum Gasteiger partial charge on any atom is 0.136 e. The number of hydrogen-bond donors (Lipinski definition) is 0. The summed E-state index contributed by atoms with van der Waals surface area (Å²) < 4.78 is 0. The molecule has 3 heteroatoms. The van der Waals surface area contributed by atoms with Gasteiger partial charge in [0.1, 0.15) is 5.78 Å². The molecule has 0 aromatic rings. The van der Waals surface area contributed by atoms with Crippen LogP contribution in [0.2, 0.25) is 0 Å². The Labute approximate surface area is 105 Å². The fraction of sp³-hybridized carbons (Fsp3) is 0.929. The van der Waals surface area contributed by atoms with Crippen LogP contribution in [0.5, 0.6) is 0 Å². The van der Waals surface area contributed by atoms with Gasteiger partial charge in [0, 0.05) is 56.5 Å². The number of likely N-dealkylation sites (tertiary alicyclic amines) is 2. The molecule has 0 bridgehead atoms. The monoisotopic (exact) mass is 238 g/mol. The molecule has 2 atom stereocenters. The van der Waals surface area contributed by atoms with E-state index in [-0.39, 0.29) is 5.92 Å². The second-order valence-electron chi connectivity index (χ2n) is 6.24. The van der Waals surface area contributed by atoms with E-state index >= 15 is 0 Å². The van der Waals surface area contributed by atoms with Gasteiger partial charge < -0.3 is 0 Å². The van der Waals surface area contributed by atoms with Crippen molar-refractivity contribution in [2.75, 3.05) is 26.2 Å². The molecule has 3 nitrogen and oxygen atoms in total. The van der Waals surface area contributed by atoms with Crippen molar-refractivity contribution in [3.8, 4) is 0 Å². The first kappa shape index (κ1) is 13.0. The number of hydrogen-bond acceptors (Lipinski definition) is 3. The Morgan fingerprint density at radius 2 is 1.88 bits per heavy atom. The van der Waals surface area contributed by atoms with Gasteiger partial charge in [-0.25, -0.2) is 0 Å². The molecule has 2 heterocycles. The quantitative estimate of drug-likeness (QED) is 0.727. The highest BCUT2D eigenvalue weighted by molar-refractivity contribution is 5.80. The minimum absolute atomic E-state index is 0.197. The molecule has 2 aliphatic rings. The third-order valence-electron chi connectivity index (χ3n) is 4.39. The molecule has 2 unspecified atom stereocenters. The number of carbonyl (C=O) groups is 1. The predicted molar refractivity (Wildman–Crippen MR) is 70.0 cm³/mol. The van der Waals surface area contributed by atoms with Crippen LogP contribution in [-0.2, 0) is 4.79 Å². The molecule has 2 saturated heterocycles. The average Bonchev–Trinajstić information content (AvgIpc) is 2.56. The van der Waals surface area contributed by atoms with Crippen LogP contribution < -0.4 is 0 Å². The number of rotatable bonds is 5. The van der Waals surface area contributed by atoms with Crippen molar-refractivity contribution in [2.24, 2.45) is 11.8 Å². The largest absolute Gasteiger partial charge is 0.299 e. The highest BCUT2D eigenvalue weighted by Crippen LogP contribution is 2.33. The van der Waals surface area contributed by atoms with Crippen molar-refractivity contribution in [1.82, 2.24) is 9.80 Å². The lowest BCUT2D eigenvalue weighted by Crippen LogP contribution is -2.55. The lowest BCUT2D eigenvalue weighted by Gasteiger charge is -2.43. The lowest BCUT2D eigenvalue weighted by molar-refractivity contribution is -0.122. The number of fused-ring (bicyclic) bond motifs is 1. The van der Waals surface area contributed by atoms with Crippen molar-refractivity contribution < 1.29 is 4.79 Å². The predicted octanol–water partition coefficient (Wildman–Crippen LogP) is 1.63. The first-order valence-corrected chi connectivity index (χ1v) is 7.00. The van der Waals surface area contributed by atoms with Crippen LogP contribution >= 0.6 is 0 Å². The summed E-state index contributed by atoms with van der Waals surface area (Å²) in [5, 5.41) is 0. The smallest absolute Gasteiger partial charge is 0.136 e. The van der Waals surface area contributed by atoms with Crippen LogP contribution in [-0.4, -0.2) is 53.8 Å². The van der Waals surface area contributed by atoms with E-state index in [0.717, 1.165) is 24.9 Å². The fourth-order valence-corrected chi connectivity index (χ4v) is 3.00. The van der Waals surface area contributed by atoms with Crippen molar-refractivity contribution >= 4 is 5.78 Å². The lowest BCUT2D eigenvalue weighted by atomic mass is 9.91. The molecule has 0 aromatic carbocycles. The molecule has 98 valence electrons. The third-order valence-corrected chi connectivity index (χ3v) is 4.39.